The van der Waals surface area contributed by atoms with E-state index in [9.17, 15) is 22.8 Å². The van der Waals surface area contributed by atoms with Gasteiger partial charge in [-0.3, -0.25) is 14.9 Å². The highest BCUT2D eigenvalue weighted by Crippen LogP contribution is 2.34. The van der Waals surface area contributed by atoms with Crippen molar-refractivity contribution in [3.8, 4) is 0 Å². The Morgan fingerprint density at radius 2 is 1.73 bits per heavy atom. The molecule has 0 spiro atoms. The number of carbonyl (C=O) groups is 2. The highest BCUT2D eigenvalue weighted by molar-refractivity contribution is 7.14. The van der Waals surface area contributed by atoms with Crippen molar-refractivity contribution in [3.05, 3.63) is 76.3 Å². The summed E-state index contributed by atoms with van der Waals surface area (Å²) in [6.07, 6.45) is -4.45. The first-order chi connectivity index (χ1) is 15.5. The quantitative estimate of drug-likeness (QED) is 0.441. The fraction of sp³-hybridized carbons (Fsp3) is 0.261. The van der Waals surface area contributed by atoms with Gasteiger partial charge in [-0.05, 0) is 43.7 Å². The third-order valence-electron chi connectivity index (χ3n) is 4.99. The molecule has 6 nitrogen and oxygen atoms in total. The molecular formula is C23H22F3N3O3S. The van der Waals surface area contributed by atoms with Crippen LogP contribution in [0.25, 0.3) is 0 Å². The number of carbonyl (C=O) groups excluding carboxylic acids is 2. The van der Waals surface area contributed by atoms with Gasteiger partial charge in [0.25, 0.3) is 5.91 Å². The first-order valence-electron chi connectivity index (χ1n) is 9.87. The molecular weight excluding hydrogens is 455 g/mol. The molecule has 0 atom stereocenters. The molecule has 2 N–H and O–H groups in total. The normalized spacial score (nSPS) is 11.7. The number of hydrogen-bond donors (Lipinski definition) is 2. The predicted octanol–water partition coefficient (Wildman–Crippen LogP) is 5.48. The first kappa shape index (κ1) is 24.2. The number of benzene rings is 2. The van der Waals surface area contributed by atoms with E-state index >= 15 is 0 Å². The van der Waals surface area contributed by atoms with Crippen LogP contribution in [-0.2, 0) is 27.7 Å². The van der Waals surface area contributed by atoms with E-state index in [1.54, 1.807) is 43.5 Å². The number of thiazole rings is 1. The lowest BCUT2D eigenvalue weighted by molar-refractivity contribution is -0.146. The molecule has 0 saturated heterocycles. The zero-order valence-corrected chi connectivity index (χ0v) is 18.9. The van der Waals surface area contributed by atoms with Crippen LogP contribution in [0.3, 0.4) is 0 Å². The average Bonchev–Trinajstić information content (AvgIpc) is 3.26. The number of anilines is 2. The maximum Gasteiger partial charge on any atom is 0.418 e. The number of aromatic nitrogens is 1. The summed E-state index contributed by atoms with van der Waals surface area (Å²) in [7, 11) is 1.30. The number of para-hydroxylation sites is 1. The van der Waals surface area contributed by atoms with Crippen molar-refractivity contribution in [2.24, 2.45) is 0 Å². The summed E-state index contributed by atoms with van der Waals surface area (Å²) in [4.78, 5) is 28.8. The van der Waals surface area contributed by atoms with E-state index < -0.39 is 29.0 Å². The molecule has 0 aliphatic heterocycles. The minimum Gasteiger partial charge on any atom is -0.468 e. The Labute approximate surface area is 192 Å². The van der Waals surface area contributed by atoms with Crippen molar-refractivity contribution in [3.63, 3.8) is 0 Å². The number of methoxy groups -OCH3 is 1. The van der Waals surface area contributed by atoms with E-state index in [0.717, 1.165) is 6.07 Å². The van der Waals surface area contributed by atoms with Gasteiger partial charge in [0.1, 0.15) is 5.41 Å². The van der Waals surface area contributed by atoms with E-state index in [-0.39, 0.29) is 12.2 Å². The van der Waals surface area contributed by atoms with Gasteiger partial charge in [0, 0.05) is 23.2 Å². The summed E-state index contributed by atoms with van der Waals surface area (Å²) >= 11 is 1.19. The van der Waals surface area contributed by atoms with Crippen LogP contribution >= 0.6 is 11.3 Å². The molecule has 2 aromatic carbocycles. The second-order valence-electron chi connectivity index (χ2n) is 7.70. The van der Waals surface area contributed by atoms with Crippen LogP contribution in [0, 0.1) is 0 Å². The number of nitrogens with one attached hydrogen (secondary N) is 2. The molecule has 33 heavy (non-hydrogen) atoms. The third kappa shape index (κ3) is 5.70. The molecule has 0 aliphatic rings. The maximum absolute atomic E-state index is 13.1. The predicted molar refractivity (Wildman–Crippen MR) is 120 cm³/mol. The van der Waals surface area contributed by atoms with Gasteiger partial charge in [-0.15, -0.1) is 11.3 Å². The second-order valence-corrected chi connectivity index (χ2v) is 8.56. The number of halogens is 3. The van der Waals surface area contributed by atoms with Gasteiger partial charge in [0.05, 0.1) is 18.4 Å². The Kier molecular flexibility index (Phi) is 7.06. The van der Waals surface area contributed by atoms with E-state index in [1.807, 2.05) is 0 Å². The summed E-state index contributed by atoms with van der Waals surface area (Å²) in [5, 5.41) is 7.49. The Morgan fingerprint density at radius 1 is 1.06 bits per heavy atom. The highest BCUT2D eigenvalue weighted by atomic mass is 32.1. The molecule has 0 saturated carbocycles. The Bertz CT molecular complexity index is 1140. The van der Waals surface area contributed by atoms with Crippen LogP contribution in [0.1, 0.15) is 41.0 Å². The fourth-order valence-corrected chi connectivity index (χ4v) is 3.88. The summed E-state index contributed by atoms with van der Waals surface area (Å²) in [6, 6.07) is 11.7. The minimum atomic E-state index is -4.45. The van der Waals surface area contributed by atoms with E-state index in [0.29, 0.717) is 22.0 Å². The van der Waals surface area contributed by atoms with Crippen molar-refractivity contribution < 1.29 is 27.5 Å². The Morgan fingerprint density at radius 3 is 2.36 bits per heavy atom. The van der Waals surface area contributed by atoms with E-state index in [2.05, 4.69) is 15.6 Å². The average molecular weight is 478 g/mol. The molecule has 0 aliphatic carbocycles. The van der Waals surface area contributed by atoms with Gasteiger partial charge in [-0.2, -0.15) is 13.2 Å². The SMILES string of the molecule is COC(=O)C(C)(C)c1csc(NC(=O)c2ccc(CNc3ccccc3C(F)(F)F)cc2)n1. The van der Waals surface area contributed by atoms with Crippen LogP contribution in [-0.4, -0.2) is 24.0 Å². The van der Waals surface area contributed by atoms with Crippen molar-refractivity contribution in [2.75, 3.05) is 17.7 Å². The molecule has 1 heterocycles. The molecule has 0 radical (unpaired) electrons. The number of alkyl halides is 3. The third-order valence-corrected chi connectivity index (χ3v) is 5.75. The van der Waals surface area contributed by atoms with Gasteiger partial charge < -0.3 is 10.1 Å². The monoisotopic (exact) mass is 477 g/mol. The molecule has 3 rings (SSSR count). The maximum atomic E-state index is 13.1. The highest BCUT2D eigenvalue weighted by Gasteiger charge is 2.34. The molecule has 0 bridgehead atoms. The first-order valence-corrected chi connectivity index (χ1v) is 10.7. The summed E-state index contributed by atoms with van der Waals surface area (Å²) in [5.41, 5.74) is -0.151. The molecule has 0 fully saturated rings. The number of hydrogen-bond acceptors (Lipinski definition) is 6. The fourth-order valence-electron chi connectivity index (χ4n) is 3.00. The topological polar surface area (TPSA) is 80.3 Å². The number of rotatable bonds is 7. The van der Waals surface area contributed by atoms with E-state index in [4.69, 9.17) is 4.74 Å². The lowest BCUT2D eigenvalue weighted by atomic mass is 9.90. The lowest BCUT2D eigenvalue weighted by Gasteiger charge is -2.18. The van der Waals surface area contributed by atoms with Crippen molar-refractivity contribution in [2.45, 2.75) is 32.0 Å². The molecule has 174 valence electrons. The number of esters is 1. The van der Waals surface area contributed by atoms with Gasteiger partial charge in [0.2, 0.25) is 0 Å². The van der Waals surface area contributed by atoms with Gasteiger partial charge in [0.15, 0.2) is 5.13 Å². The summed E-state index contributed by atoms with van der Waals surface area (Å²) < 4.78 is 44.1. The van der Waals surface area contributed by atoms with Crippen LogP contribution in [0.5, 0.6) is 0 Å². The molecule has 1 amide bonds. The van der Waals surface area contributed by atoms with Gasteiger partial charge >= 0.3 is 12.1 Å². The van der Waals surface area contributed by atoms with E-state index in [1.165, 1.54) is 36.6 Å². The summed E-state index contributed by atoms with van der Waals surface area (Å²) in [5.74, 6) is -0.832. The number of amides is 1. The number of nitrogens with zero attached hydrogens (tertiary/aromatic N) is 1. The Balaban J connectivity index is 1.63. The zero-order valence-electron chi connectivity index (χ0n) is 18.1. The molecule has 10 heteroatoms. The molecule has 3 aromatic rings. The van der Waals surface area contributed by atoms with Gasteiger partial charge in [-0.25, -0.2) is 4.98 Å². The molecule has 1 aromatic heterocycles. The van der Waals surface area contributed by atoms with Crippen LogP contribution < -0.4 is 10.6 Å². The Hall–Kier alpha value is -3.40. The van der Waals surface area contributed by atoms with Crippen molar-refractivity contribution >= 4 is 34.0 Å². The van der Waals surface area contributed by atoms with Crippen molar-refractivity contribution in [1.29, 1.82) is 0 Å². The summed E-state index contributed by atoms with van der Waals surface area (Å²) in [6.45, 7) is 3.52. The van der Waals surface area contributed by atoms with Gasteiger partial charge in [-0.1, -0.05) is 24.3 Å². The minimum absolute atomic E-state index is 0.0127. The van der Waals surface area contributed by atoms with Crippen molar-refractivity contribution in [1.82, 2.24) is 4.98 Å². The standard InChI is InChI=1S/C23H22F3N3O3S/c1-22(2,20(31)32-3)18-13-33-21(28-18)29-19(30)15-10-8-14(9-11-15)12-27-17-7-5-4-6-16(17)23(24,25)26/h4-11,13,27H,12H2,1-3H3,(H,28,29,30). The zero-order chi connectivity index (χ0) is 24.2. The largest absolute Gasteiger partial charge is 0.468 e. The van der Waals surface area contributed by atoms with Crippen LogP contribution in [0.15, 0.2) is 53.9 Å². The molecule has 0 unspecified atom stereocenters. The van der Waals surface area contributed by atoms with Crippen LogP contribution in [0.2, 0.25) is 0 Å². The second kappa shape index (κ2) is 9.62. The smallest absolute Gasteiger partial charge is 0.418 e. The number of ether oxygens (including phenoxy) is 1. The van der Waals surface area contributed by atoms with Crippen LogP contribution in [0.4, 0.5) is 24.0 Å². The lowest BCUT2D eigenvalue weighted by Crippen LogP contribution is -2.30.